The van der Waals surface area contributed by atoms with Crippen LogP contribution in [0.2, 0.25) is 0 Å². The van der Waals surface area contributed by atoms with Crippen LogP contribution in [0.4, 0.5) is 11.5 Å². The molecule has 0 aliphatic rings. The molecule has 0 aliphatic heterocycles. The predicted molar refractivity (Wildman–Crippen MR) is 80.4 cm³/mol. The van der Waals surface area contributed by atoms with Crippen LogP contribution in [0.1, 0.15) is 12.5 Å². The van der Waals surface area contributed by atoms with Gasteiger partial charge in [-0.2, -0.15) is 0 Å². The second-order valence-electron chi connectivity index (χ2n) is 4.38. The molecule has 0 atom stereocenters. The van der Waals surface area contributed by atoms with Gasteiger partial charge in [0.1, 0.15) is 5.82 Å². The molecule has 0 bridgehead atoms. The molecular weight excluding hydrogens is 274 g/mol. The number of nitrogens with one attached hydrogen (secondary N) is 2. The molecule has 0 saturated carbocycles. The summed E-state index contributed by atoms with van der Waals surface area (Å²) in [4.78, 5) is 4.25. The van der Waals surface area contributed by atoms with Gasteiger partial charge in [0.05, 0.1) is 4.90 Å². The number of sulfonamides is 1. The normalized spacial score (nSPS) is 11.1. The van der Waals surface area contributed by atoms with Gasteiger partial charge in [0, 0.05) is 24.5 Å². The van der Waals surface area contributed by atoms with Crippen molar-refractivity contribution in [2.75, 3.05) is 16.6 Å². The van der Waals surface area contributed by atoms with E-state index in [1.165, 1.54) is 18.3 Å². The summed E-state index contributed by atoms with van der Waals surface area (Å²) >= 11 is 0. The lowest BCUT2D eigenvalue weighted by atomic mass is 10.2. The van der Waals surface area contributed by atoms with E-state index in [1.807, 2.05) is 26.0 Å². The summed E-state index contributed by atoms with van der Waals surface area (Å²) in [6, 6.07) is 10.2. The maximum atomic E-state index is 12.3. The van der Waals surface area contributed by atoms with E-state index in [0.29, 0.717) is 18.1 Å². The Morgan fingerprint density at radius 3 is 2.70 bits per heavy atom. The number of hydrogen-bond donors (Lipinski definition) is 2. The number of aromatic nitrogens is 1. The standard InChI is InChI=1S/C14H17N3O2S/c1-3-15-14-10-13(7-8-16-14)20(18,19)17-12-6-4-5-11(2)9-12/h4-10,17H,3H2,1-2H3,(H,15,16). The van der Waals surface area contributed by atoms with Gasteiger partial charge in [0.2, 0.25) is 0 Å². The first-order valence-electron chi connectivity index (χ1n) is 6.30. The third kappa shape index (κ3) is 3.48. The molecule has 5 nitrogen and oxygen atoms in total. The Bertz CT molecular complexity index is 699. The molecule has 20 heavy (non-hydrogen) atoms. The number of nitrogens with zero attached hydrogens (tertiary/aromatic N) is 1. The molecule has 6 heteroatoms. The van der Waals surface area contributed by atoms with Gasteiger partial charge in [-0.25, -0.2) is 13.4 Å². The zero-order valence-corrected chi connectivity index (χ0v) is 12.2. The third-order valence-corrected chi connectivity index (χ3v) is 4.05. The van der Waals surface area contributed by atoms with Crippen LogP contribution in [-0.2, 0) is 10.0 Å². The number of rotatable bonds is 5. The summed E-state index contributed by atoms with van der Waals surface area (Å²) in [6.45, 7) is 4.52. The maximum Gasteiger partial charge on any atom is 0.262 e. The molecule has 0 unspecified atom stereocenters. The minimum atomic E-state index is -3.60. The molecular formula is C14H17N3O2S. The van der Waals surface area contributed by atoms with Crippen LogP contribution in [0.5, 0.6) is 0 Å². The molecule has 1 aromatic carbocycles. The van der Waals surface area contributed by atoms with E-state index in [2.05, 4.69) is 15.0 Å². The van der Waals surface area contributed by atoms with E-state index in [1.54, 1.807) is 12.1 Å². The van der Waals surface area contributed by atoms with Gasteiger partial charge in [-0.3, -0.25) is 4.72 Å². The second kappa shape index (κ2) is 5.92. The number of anilines is 2. The summed E-state index contributed by atoms with van der Waals surface area (Å²) in [5.74, 6) is 0.541. The minimum absolute atomic E-state index is 0.185. The molecule has 0 amide bonds. The SMILES string of the molecule is CCNc1cc(S(=O)(=O)Nc2cccc(C)c2)ccn1. The van der Waals surface area contributed by atoms with E-state index < -0.39 is 10.0 Å². The number of benzene rings is 1. The molecule has 0 radical (unpaired) electrons. The van der Waals surface area contributed by atoms with Crippen LogP contribution >= 0.6 is 0 Å². The smallest absolute Gasteiger partial charge is 0.262 e. The van der Waals surface area contributed by atoms with E-state index >= 15 is 0 Å². The van der Waals surface area contributed by atoms with Crippen molar-refractivity contribution < 1.29 is 8.42 Å². The highest BCUT2D eigenvalue weighted by atomic mass is 32.2. The highest BCUT2D eigenvalue weighted by molar-refractivity contribution is 7.92. The zero-order chi connectivity index (χ0) is 14.6. The third-order valence-electron chi connectivity index (χ3n) is 2.67. The number of aryl methyl sites for hydroxylation is 1. The van der Waals surface area contributed by atoms with E-state index in [4.69, 9.17) is 0 Å². The monoisotopic (exact) mass is 291 g/mol. The summed E-state index contributed by atoms with van der Waals surface area (Å²) in [5.41, 5.74) is 1.54. The lowest BCUT2D eigenvalue weighted by Crippen LogP contribution is -2.13. The molecule has 0 aliphatic carbocycles. The Balaban J connectivity index is 2.28. The first-order valence-corrected chi connectivity index (χ1v) is 7.79. The lowest BCUT2D eigenvalue weighted by Gasteiger charge is -2.10. The second-order valence-corrected chi connectivity index (χ2v) is 6.06. The molecule has 2 rings (SSSR count). The maximum absolute atomic E-state index is 12.3. The van der Waals surface area contributed by atoms with Crippen molar-refractivity contribution in [1.82, 2.24) is 4.98 Å². The van der Waals surface area contributed by atoms with Gasteiger partial charge in [0.25, 0.3) is 10.0 Å². The number of hydrogen-bond acceptors (Lipinski definition) is 4. The summed E-state index contributed by atoms with van der Waals surface area (Å²) in [6.07, 6.45) is 1.48. The van der Waals surface area contributed by atoms with Crippen molar-refractivity contribution >= 4 is 21.5 Å². The highest BCUT2D eigenvalue weighted by Crippen LogP contribution is 2.18. The van der Waals surface area contributed by atoms with Crippen LogP contribution < -0.4 is 10.0 Å². The fourth-order valence-electron chi connectivity index (χ4n) is 1.78. The van der Waals surface area contributed by atoms with Gasteiger partial charge in [-0.05, 0) is 37.6 Å². The van der Waals surface area contributed by atoms with Crippen LogP contribution in [0.3, 0.4) is 0 Å². The molecule has 1 aromatic heterocycles. The molecule has 2 N–H and O–H groups in total. The Morgan fingerprint density at radius 1 is 1.20 bits per heavy atom. The first kappa shape index (κ1) is 14.3. The largest absolute Gasteiger partial charge is 0.370 e. The van der Waals surface area contributed by atoms with Crippen molar-refractivity contribution in [2.45, 2.75) is 18.7 Å². The fourth-order valence-corrected chi connectivity index (χ4v) is 2.84. The van der Waals surface area contributed by atoms with Crippen molar-refractivity contribution in [1.29, 1.82) is 0 Å². The Morgan fingerprint density at radius 2 is 2.00 bits per heavy atom. The average Bonchev–Trinajstić information content (AvgIpc) is 2.39. The van der Waals surface area contributed by atoms with Crippen molar-refractivity contribution in [2.24, 2.45) is 0 Å². The predicted octanol–water partition coefficient (Wildman–Crippen LogP) is 2.62. The molecule has 0 spiro atoms. The summed E-state index contributed by atoms with van der Waals surface area (Å²) in [7, 11) is -3.60. The molecule has 1 heterocycles. The highest BCUT2D eigenvalue weighted by Gasteiger charge is 2.15. The van der Waals surface area contributed by atoms with Gasteiger partial charge >= 0.3 is 0 Å². The Hall–Kier alpha value is -2.08. The van der Waals surface area contributed by atoms with E-state index in [9.17, 15) is 8.42 Å². The molecule has 0 saturated heterocycles. The van der Waals surface area contributed by atoms with Crippen LogP contribution in [0.15, 0.2) is 47.5 Å². The van der Waals surface area contributed by atoms with E-state index in [-0.39, 0.29) is 4.90 Å². The molecule has 2 aromatic rings. The first-order chi connectivity index (χ1) is 9.51. The fraction of sp³-hybridized carbons (Fsp3) is 0.214. The van der Waals surface area contributed by atoms with E-state index in [0.717, 1.165) is 5.56 Å². The average molecular weight is 291 g/mol. The van der Waals surface area contributed by atoms with Crippen molar-refractivity contribution in [3.8, 4) is 0 Å². The minimum Gasteiger partial charge on any atom is -0.370 e. The van der Waals surface area contributed by atoms with Crippen molar-refractivity contribution in [3.05, 3.63) is 48.2 Å². The van der Waals surface area contributed by atoms with Crippen LogP contribution in [-0.4, -0.2) is 19.9 Å². The lowest BCUT2D eigenvalue weighted by molar-refractivity contribution is 0.601. The summed E-state index contributed by atoms with van der Waals surface area (Å²) in [5, 5.41) is 2.99. The van der Waals surface area contributed by atoms with Crippen molar-refractivity contribution in [3.63, 3.8) is 0 Å². The topological polar surface area (TPSA) is 71.1 Å². The van der Waals surface area contributed by atoms with Crippen LogP contribution in [0, 0.1) is 6.92 Å². The molecule has 0 fully saturated rings. The van der Waals surface area contributed by atoms with Gasteiger partial charge in [0.15, 0.2) is 0 Å². The van der Waals surface area contributed by atoms with Crippen LogP contribution in [0.25, 0.3) is 0 Å². The van der Waals surface area contributed by atoms with Gasteiger partial charge < -0.3 is 5.32 Å². The van der Waals surface area contributed by atoms with Gasteiger partial charge in [-0.1, -0.05) is 12.1 Å². The quantitative estimate of drug-likeness (QED) is 0.888. The molecule has 106 valence electrons. The Kier molecular flexibility index (Phi) is 4.24. The van der Waals surface area contributed by atoms with Gasteiger partial charge in [-0.15, -0.1) is 0 Å². The Labute approximate surface area is 119 Å². The summed E-state index contributed by atoms with van der Waals surface area (Å²) < 4.78 is 27.2. The zero-order valence-electron chi connectivity index (χ0n) is 11.4. The number of pyridine rings is 1.